The van der Waals surface area contributed by atoms with Crippen molar-refractivity contribution in [3.05, 3.63) is 120 Å². The fourth-order valence-electron chi connectivity index (χ4n) is 5.20. The van der Waals surface area contributed by atoms with E-state index in [2.05, 4.69) is 110 Å². The number of rotatable bonds is 6. The molecule has 3 nitrogen and oxygen atoms in total. The number of hydrogen-bond donors (Lipinski definition) is 0. The van der Waals surface area contributed by atoms with Gasteiger partial charge in [-0.05, 0) is 66.8 Å². The zero-order valence-electron chi connectivity index (χ0n) is 22.8. The number of hydrogen-bond acceptors (Lipinski definition) is 5. The van der Waals surface area contributed by atoms with E-state index < -0.39 is 0 Å². The van der Waals surface area contributed by atoms with Crippen LogP contribution >= 0.6 is 34.9 Å². The quantitative estimate of drug-likeness (QED) is 0.191. The second kappa shape index (κ2) is 11.2. The average molecular weight is 579 g/mol. The summed E-state index contributed by atoms with van der Waals surface area (Å²) < 4.78 is 3.50. The molecule has 0 fully saturated rings. The van der Waals surface area contributed by atoms with Gasteiger partial charge in [0.15, 0.2) is 0 Å². The normalized spacial score (nSPS) is 15.1. The standard InChI is InChI=1S/C34H30N2OS3/c1-5-35-30(39-28-18-17-24-11-7-9-13-26(24)32(28)35)20-19-29-34(37)36(6-2)31(40-29)21-23(4)38-33-22(3)15-16-25-12-8-10-14-27(25)33/h7-21H,4-6H2,1-3H3/b29-19-,30-20-,31-21-. The average Bonchev–Trinajstić information content (AvgIpc) is 3.49. The fraction of sp³-hybridized carbons (Fsp3) is 0.147. The Kier molecular flexibility index (Phi) is 7.49. The summed E-state index contributed by atoms with van der Waals surface area (Å²) in [6.45, 7) is 12.2. The number of thioether (sulfide) groups is 2. The second-order valence-electron chi connectivity index (χ2n) is 9.65. The van der Waals surface area contributed by atoms with Crippen molar-refractivity contribution >= 4 is 74.2 Å². The summed E-state index contributed by atoms with van der Waals surface area (Å²) in [5.41, 5.74) is 2.53. The van der Waals surface area contributed by atoms with Crippen molar-refractivity contribution in [2.45, 2.75) is 37.1 Å². The molecule has 1 aromatic heterocycles. The Morgan fingerprint density at radius 2 is 1.60 bits per heavy atom. The Morgan fingerprint density at radius 1 is 0.900 bits per heavy atom. The molecule has 0 unspecified atom stereocenters. The van der Waals surface area contributed by atoms with Crippen LogP contribution in [0.4, 0.5) is 5.69 Å². The second-order valence-corrected chi connectivity index (χ2v) is 12.9. The molecule has 0 atom stereocenters. The van der Waals surface area contributed by atoms with Crippen LogP contribution in [0.25, 0.3) is 33.7 Å². The zero-order chi connectivity index (χ0) is 27.8. The van der Waals surface area contributed by atoms with Crippen molar-refractivity contribution in [1.82, 2.24) is 4.57 Å². The van der Waals surface area contributed by atoms with Crippen molar-refractivity contribution < 1.29 is 0 Å². The maximum atomic E-state index is 13.4. The molecule has 200 valence electrons. The summed E-state index contributed by atoms with van der Waals surface area (Å²) in [5.74, 6) is 0. The topological polar surface area (TPSA) is 25.2 Å². The van der Waals surface area contributed by atoms with Gasteiger partial charge in [-0.3, -0.25) is 9.36 Å². The molecule has 5 aromatic rings. The Labute approximate surface area is 246 Å². The highest BCUT2D eigenvalue weighted by molar-refractivity contribution is 8.04. The van der Waals surface area contributed by atoms with E-state index in [1.54, 1.807) is 23.5 Å². The summed E-state index contributed by atoms with van der Waals surface area (Å²) in [6.07, 6.45) is 6.14. The summed E-state index contributed by atoms with van der Waals surface area (Å²) >= 11 is 4.96. The van der Waals surface area contributed by atoms with Gasteiger partial charge in [-0.15, -0.1) is 11.3 Å². The van der Waals surface area contributed by atoms with E-state index in [9.17, 15) is 4.79 Å². The molecular formula is C34H30N2OS3. The highest BCUT2D eigenvalue weighted by Gasteiger charge is 2.25. The Balaban J connectivity index is 1.35. The van der Waals surface area contributed by atoms with Crippen molar-refractivity contribution in [2.75, 3.05) is 11.4 Å². The number of benzene rings is 4. The molecule has 1 aliphatic heterocycles. The van der Waals surface area contributed by atoms with Gasteiger partial charge in [0.1, 0.15) is 0 Å². The van der Waals surface area contributed by atoms with E-state index in [-0.39, 0.29) is 5.56 Å². The number of aromatic nitrogens is 1. The molecule has 0 aliphatic carbocycles. The minimum Gasteiger partial charge on any atom is -0.335 e. The minimum atomic E-state index is 0.0451. The van der Waals surface area contributed by atoms with Gasteiger partial charge < -0.3 is 4.90 Å². The van der Waals surface area contributed by atoms with Gasteiger partial charge in [-0.25, -0.2) is 0 Å². The SMILES string of the molecule is C=C(/C=c1\s/c(=C\C=C2/Sc3ccc4ccccc4c3N2CC)c(=O)n1CC)Sc1c(C)ccc2ccccc12. The van der Waals surface area contributed by atoms with E-state index in [1.165, 1.54) is 53.9 Å². The molecule has 0 spiro atoms. The Bertz CT molecular complexity index is 2000. The molecule has 0 saturated heterocycles. The highest BCUT2D eigenvalue weighted by atomic mass is 32.2. The lowest BCUT2D eigenvalue weighted by molar-refractivity contribution is 0.723. The van der Waals surface area contributed by atoms with Gasteiger partial charge in [-0.2, -0.15) is 0 Å². The zero-order valence-corrected chi connectivity index (χ0v) is 25.3. The first-order valence-electron chi connectivity index (χ1n) is 13.4. The first-order chi connectivity index (χ1) is 19.5. The molecule has 0 N–H and O–H groups in total. The molecule has 2 heterocycles. The van der Waals surface area contributed by atoms with Crippen molar-refractivity contribution in [3.8, 4) is 0 Å². The summed E-state index contributed by atoms with van der Waals surface area (Å²) in [5, 5.41) is 6.09. The molecule has 6 heteroatoms. The maximum absolute atomic E-state index is 13.4. The van der Waals surface area contributed by atoms with Crippen LogP contribution in [0.5, 0.6) is 0 Å². The fourth-order valence-corrected chi connectivity index (χ4v) is 8.46. The monoisotopic (exact) mass is 578 g/mol. The van der Waals surface area contributed by atoms with Crippen LogP contribution in [-0.4, -0.2) is 11.1 Å². The van der Waals surface area contributed by atoms with Crippen molar-refractivity contribution in [3.63, 3.8) is 0 Å². The van der Waals surface area contributed by atoms with E-state index >= 15 is 0 Å². The van der Waals surface area contributed by atoms with E-state index in [4.69, 9.17) is 0 Å². The molecule has 0 saturated carbocycles. The lowest BCUT2D eigenvalue weighted by atomic mass is 10.1. The van der Waals surface area contributed by atoms with Gasteiger partial charge in [-0.1, -0.05) is 96.8 Å². The third-order valence-corrected chi connectivity index (χ3v) is 10.5. The number of aryl methyl sites for hydroxylation is 1. The Hall–Kier alpha value is -3.45. The first-order valence-corrected chi connectivity index (χ1v) is 15.9. The lowest BCUT2D eigenvalue weighted by Gasteiger charge is -2.19. The largest absolute Gasteiger partial charge is 0.335 e. The Morgan fingerprint density at radius 3 is 2.35 bits per heavy atom. The van der Waals surface area contributed by atoms with Gasteiger partial charge in [0.05, 0.1) is 19.9 Å². The number of nitrogens with zero attached hydrogens (tertiary/aromatic N) is 2. The van der Waals surface area contributed by atoms with Gasteiger partial charge in [0.25, 0.3) is 5.56 Å². The molecule has 6 rings (SSSR count). The summed E-state index contributed by atoms with van der Waals surface area (Å²) in [4.78, 5) is 19.1. The van der Waals surface area contributed by atoms with Gasteiger partial charge >= 0.3 is 0 Å². The molecule has 1 aliphatic rings. The van der Waals surface area contributed by atoms with Crippen LogP contribution in [0.15, 0.2) is 110 Å². The van der Waals surface area contributed by atoms with Gasteiger partial charge in [0, 0.05) is 33.2 Å². The van der Waals surface area contributed by atoms with Crippen molar-refractivity contribution in [2.24, 2.45) is 0 Å². The third-order valence-electron chi connectivity index (χ3n) is 7.15. The first kappa shape index (κ1) is 26.8. The highest BCUT2D eigenvalue weighted by Crippen LogP contribution is 2.49. The third kappa shape index (κ3) is 4.85. The number of thiazole rings is 1. The molecule has 0 amide bonds. The smallest absolute Gasteiger partial charge is 0.269 e. The number of allylic oxidation sites excluding steroid dienone is 2. The van der Waals surface area contributed by atoms with Crippen LogP contribution in [0.2, 0.25) is 0 Å². The van der Waals surface area contributed by atoms with E-state index in [0.717, 1.165) is 25.7 Å². The summed E-state index contributed by atoms with van der Waals surface area (Å²) in [6, 6.07) is 25.7. The summed E-state index contributed by atoms with van der Waals surface area (Å²) in [7, 11) is 0. The molecule has 0 bridgehead atoms. The molecule has 4 aromatic carbocycles. The minimum absolute atomic E-state index is 0.0451. The predicted octanol–water partition coefficient (Wildman–Crippen LogP) is 7.89. The van der Waals surface area contributed by atoms with Crippen LogP contribution < -0.4 is 19.7 Å². The van der Waals surface area contributed by atoms with Crippen LogP contribution in [0.1, 0.15) is 19.4 Å². The van der Waals surface area contributed by atoms with Crippen LogP contribution in [0.3, 0.4) is 0 Å². The number of anilines is 1. The maximum Gasteiger partial charge on any atom is 0.269 e. The molecule has 40 heavy (non-hydrogen) atoms. The van der Waals surface area contributed by atoms with Crippen molar-refractivity contribution in [1.29, 1.82) is 0 Å². The molecular weight excluding hydrogens is 549 g/mol. The predicted molar refractivity (Wildman–Crippen MR) is 177 cm³/mol. The van der Waals surface area contributed by atoms with Gasteiger partial charge in [0.2, 0.25) is 0 Å². The molecule has 0 radical (unpaired) electrons. The van der Waals surface area contributed by atoms with Crippen LogP contribution in [0, 0.1) is 6.92 Å². The van der Waals surface area contributed by atoms with E-state index in [1.807, 2.05) is 17.6 Å². The van der Waals surface area contributed by atoms with Crippen LogP contribution in [-0.2, 0) is 6.54 Å². The number of fused-ring (bicyclic) bond motifs is 4. The van der Waals surface area contributed by atoms with E-state index in [0.29, 0.717) is 6.54 Å². The lowest BCUT2D eigenvalue weighted by Crippen LogP contribution is -2.30.